The number of benzene rings is 1. The fourth-order valence-electron chi connectivity index (χ4n) is 1.91. The average Bonchev–Trinajstić information content (AvgIpc) is 2.84. The van der Waals surface area contributed by atoms with E-state index in [-0.39, 0.29) is 6.04 Å². The highest BCUT2D eigenvalue weighted by molar-refractivity contribution is 6.30. The van der Waals surface area contributed by atoms with Crippen molar-refractivity contribution in [3.05, 3.63) is 47.0 Å². The normalized spacial score (nSPS) is 12.4. The van der Waals surface area contributed by atoms with Gasteiger partial charge in [-0.3, -0.25) is 0 Å². The van der Waals surface area contributed by atoms with E-state index in [4.69, 9.17) is 22.1 Å². The molecular weight excluding hydrogens is 262 g/mol. The summed E-state index contributed by atoms with van der Waals surface area (Å²) in [5, 5.41) is 0.665. The van der Waals surface area contributed by atoms with Crippen LogP contribution >= 0.6 is 11.6 Å². The van der Waals surface area contributed by atoms with E-state index >= 15 is 0 Å². The van der Waals surface area contributed by atoms with Crippen molar-refractivity contribution in [1.29, 1.82) is 0 Å². The second kappa shape index (κ2) is 6.08. The predicted molar refractivity (Wildman–Crippen MR) is 76.3 cm³/mol. The van der Waals surface area contributed by atoms with Gasteiger partial charge in [0.2, 0.25) is 0 Å². The van der Waals surface area contributed by atoms with E-state index in [1.54, 1.807) is 12.4 Å². The van der Waals surface area contributed by atoms with Gasteiger partial charge in [-0.25, -0.2) is 4.98 Å². The molecule has 1 heterocycles. The summed E-state index contributed by atoms with van der Waals surface area (Å²) in [6.45, 7) is 5.32. The smallest absolute Gasteiger partial charge is 0.130 e. The third-order valence-corrected chi connectivity index (χ3v) is 3.21. The van der Waals surface area contributed by atoms with Gasteiger partial charge in [-0.05, 0) is 32.0 Å². The fourth-order valence-corrected chi connectivity index (χ4v) is 2.09. The number of halogens is 1. The Balaban J connectivity index is 2.15. The first-order valence-electron chi connectivity index (χ1n) is 6.28. The van der Waals surface area contributed by atoms with Crippen molar-refractivity contribution in [2.24, 2.45) is 5.73 Å². The fraction of sp³-hybridized carbons (Fsp3) is 0.357. The van der Waals surface area contributed by atoms with Crippen molar-refractivity contribution >= 4 is 11.6 Å². The van der Waals surface area contributed by atoms with E-state index in [9.17, 15) is 0 Å². The second-order valence-corrected chi connectivity index (χ2v) is 4.87. The number of aryl methyl sites for hydroxylation is 1. The molecule has 1 aromatic heterocycles. The first-order chi connectivity index (χ1) is 9.11. The molecule has 0 bridgehead atoms. The minimum absolute atomic E-state index is 0.121. The predicted octanol–water partition coefficient (Wildman–Crippen LogP) is 3.16. The van der Waals surface area contributed by atoms with Crippen LogP contribution in [-0.4, -0.2) is 9.55 Å². The third-order valence-electron chi connectivity index (χ3n) is 2.98. The van der Waals surface area contributed by atoms with E-state index < -0.39 is 0 Å². The van der Waals surface area contributed by atoms with E-state index in [1.165, 1.54) is 0 Å². The summed E-state index contributed by atoms with van der Waals surface area (Å²) >= 11 is 5.98. The maximum Gasteiger partial charge on any atom is 0.130 e. The van der Waals surface area contributed by atoms with Crippen molar-refractivity contribution in [3.63, 3.8) is 0 Å². The maximum absolute atomic E-state index is 5.98. The van der Waals surface area contributed by atoms with E-state index in [0.29, 0.717) is 11.6 Å². The topological polar surface area (TPSA) is 53.1 Å². The van der Waals surface area contributed by atoms with Crippen molar-refractivity contribution < 1.29 is 4.74 Å². The Morgan fingerprint density at radius 2 is 2.26 bits per heavy atom. The number of nitrogens with two attached hydrogens (primary N) is 1. The van der Waals surface area contributed by atoms with Gasteiger partial charge >= 0.3 is 0 Å². The van der Waals surface area contributed by atoms with Crippen molar-refractivity contribution in [1.82, 2.24) is 9.55 Å². The minimum Gasteiger partial charge on any atom is -0.487 e. The Kier molecular flexibility index (Phi) is 4.45. The molecule has 2 aromatic rings. The first-order valence-corrected chi connectivity index (χ1v) is 6.66. The Morgan fingerprint density at radius 3 is 2.95 bits per heavy atom. The number of hydrogen-bond acceptors (Lipinski definition) is 3. The molecule has 2 N–H and O–H groups in total. The zero-order chi connectivity index (χ0) is 13.8. The first kappa shape index (κ1) is 13.9. The molecule has 0 aliphatic heterocycles. The van der Waals surface area contributed by atoms with Crippen LogP contribution in [0.3, 0.4) is 0 Å². The standard InChI is InChI=1S/C14H18ClN3O/c1-3-18-9-17-7-12(18)8-19-14-5-4-11(15)6-13(14)10(2)16/h4-7,9-10H,3,8,16H2,1-2H3/t10-/m1/s1. The van der Waals surface area contributed by atoms with Crippen LogP contribution in [0.5, 0.6) is 5.75 Å². The van der Waals surface area contributed by atoms with Crippen molar-refractivity contribution in [2.45, 2.75) is 33.0 Å². The van der Waals surface area contributed by atoms with Crippen LogP contribution in [-0.2, 0) is 13.2 Å². The van der Waals surface area contributed by atoms with Crippen LogP contribution in [0.4, 0.5) is 0 Å². The average molecular weight is 280 g/mol. The Bertz CT molecular complexity index is 551. The van der Waals surface area contributed by atoms with Gasteiger partial charge < -0.3 is 15.0 Å². The molecule has 0 fully saturated rings. The molecule has 102 valence electrons. The van der Waals surface area contributed by atoms with Crippen LogP contribution in [0.1, 0.15) is 31.1 Å². The molecule has 0 saturated carbocycles. The van der Waals surface area contributed by atoms with E-state index in [1.807, 2.05) is 29.8 Å². The van der Waals surface area contributed by atoms with Crippen molar-refractivity contribution in [3.8, 4) is 5.75 Å². The zero-order valence-electron chi connectivity index (χ0n) is 11.1. The SMILES string of the molecule is CCn1cncc1COc1ccc(Cl)cc1[C@@H](C)N. The van der Waals surface area contributed by atoms with Crippen LogP contribution in [0.15, 0.2) is 30.7 Å². The Hall–Kier alpha value is -1.52. The number of nitrogens with zero attached hydrogens (tertiary/aromatic N) is 2. The lowest BCUT2D eigenvalue weighted by Crippen LogP contribution is -2.09. The van der Waals surface area contributed by atoms with Crippen LogP contribution in [0.2, 0.25) is 5.02 Å². The van der Waals surface area contributed by atoms with Gasteiger partial charge in [0.1, 0.15) is 12.4 Å². The summed E-state index contributed by atoms with van der Waals surface area (Å²) in [7, 11) is 0. The number of ether oxygens (including phenoxy) is 1. The van der Waals surface area contributed by atoms with Gasteiger partial charge in [0.25, 0.3) is 0 Å². The second-order valence-electron chi connectivity index (χ2n) is 4.43. The molecule has 0 unspecified atom stereocenters. The number of imidazole rings is 1. The van der Waals surface area contributed by atoms with E-state index in [2.05, 4.69) is 11.9 Å². The zero-order valence-corrected chi connectivity index (χ0v) is 11.9. The summed E-state index contributed by atoms with van der Waals surface area (Å²) < 4.78 is 7.88. The molecule has 1 atom stereocenters. The van der Waals surface area contributed by atoms with Gasteiger partial charge in [0.05, 0.1) is 18.2 Å². The molecule has 19 heavy (non-hydrogen) atoms. The monoisotopic (exact) mass is 279 g/mol. The van der Waals surface area contributed by atoms with Gasteiger partial charge in [-0.15, -0.1) is 0 Å². The lowest BCUT2D eigenvalue weighted by Gasteiger charge is -2.14. The molecule has 1 aromatic carbocycles. The molecule has 0 amide bonds. The lowest BCUT2D eigenvalue weighted by atomic mass is 10.1. The highest BCUT2D eigenvalue weighted by atomic mass is 35.5. The molecule has 0 spiro atoms. The third kappa shape index (κ3) is 3.28. The molecule has 0 saturated heterocycles. The van der Waals surface area contributed by atoms with Gasteiger partial charge in [0, 0.05) is 23.2 Å². The van der Waals surface area contributed by atoms with Gasteiger partial charge in [-0.1, -0.05) is 11.6 Å². The van der Waals surface area contributed by atoms with Crippen molar-refractivity contribution in [2.75, 3.05) is 0 Å². The maximum atomic E-state index is 5.98. The van der Waals surface area contributed by atoms with Crippen LogP contribution < -0.4 is 10.5 Å². The summed E-state index contributed by atoms with van der Waals surface area (Å²) in [4.78, 5) is 4.11. The van der Waals surface area contributed by atoms with Crippen LogP contribution in [0.25, 0.3) is 0 Å². The molecule has 2 rings (SSSR count). The number of aromatic nitrogens is 2. The molecule has 5 heteroatoms. The molecule has 0 radical (unpaired) electrons. The highest BCUT2D eigenvalue weighted by Gasteiger charge is 2.10. The quantitative estimate of drug-likeness (QED) is 0.915. The van der Waals surface area contributed by atoms with E-state index in [0.717, 1.165) is 23.6 Å². The molecular formula is C14H18ClN3O. The minimum atomic E-state index is -0.121. The lowest BCUT2D eigenvalue weighted by molar-refractivity contribution is 0.291. The summed E-state index contributed by atoms with van der Waals surface area (Å²) in [5.74, 6) is 0.767. The number of rotatable bonds is 5. The van der Waals surface area contributed by atoms with Gasteiger partial charge in [0.15, 0.2) is 0 Å². The Morgan fingerprint density at radius 1 is 1.47 bits per heavy atom. The van der Waals surface area contributed by atoms with Gasteiger partial charge in [-0.2, -0.15) is 0 Å². The molecule has 4 nitrogen and oxygen atoms in total. The molecule has 0 aliphatic carbocycles. The largest absolute Gasteiger partial charge is 0.487 e. The summed E-state index contributed by atoms with van der Waals surface area (Å²) in [6.07, 6.45) is 3.61. The number of hydrogen-bond donors (Lipinski definition) is 1. The highest BCUT2D eigenvalue weighted by Crippen LogP contribution is 2.27. The Labute approximate surface area is 118 Å². The molecule has 0 aliphatic rings. The van der Waals surface area contributed by atoms with Crippen LogP contribution in [0, 0.1) is 0 Å². The summed E-state index contributed by atoms with van der Waals surface area (Å²) in [6, 6.07) is 5.39. The summed E-state index contributed by atoms with van der Waals surface area (Å²) in [5.41, 5.74) is 7.88.